The van der Waals surface area contributed by atoms with Gasteiger partial charge in [-0.15, -0.1) is 0 Å². The van der Waals surface area contributed by atoms with E-state index in [1.54, 1.807) is 0 Å². The van der Waals surface area contributed by atoms with Gasteiger partial charge in [0.15, 0.2) is 0 Å². The van der Waals surface area contributed by atoms with Crippen molar-refractivity contribution in [2.45, 2.75) is 12.8 Å². The first-order chi connectivity index (χ1) is 6.93. The average molecular weight is 182 g/mol. The molecule has 1 aromatic rings. The lowest BCUT2D eigenvalue weighted by Gasteiger charge is -1.96. The number of benzene rings is 1. The molecule has 1 nitrogen and oxygen atoms in total. The quantitative estimate of drug-likeness (QED) is 0.667. The fourth-order valence-corrected chi connectivity index (χ4v) is 1.77. The van der Waals surface area contributed by atoms with E-state index in [1.807, 2.05) is 12.3 Å². The number of hydrogen-bond acceptors (Lipinski definition) is 0. The SMILES string of the molecule is C1=C(c2ccccc2)C=C(C2CC2)[N]1. The van der Waals surface area contributed by atoms with Crippen LogP contribution in [0.5, 0.6) is 0 Å². The van der Waals surface area contributed by atoms with Crippen LogP contribution < -0.4 is 5.32 Å². The Labute approximate surface area is 84.1 Å². The Morgan fingerprint density at radius 1 is 1.07 bits per heavy atom. The van der Waals surface area contributed by atoms with Gasteiger partial charge >= 0.3 is 0 Å². The molecule has 1 aliphatic carbocycles. The molecule has 0 aromatic heterocycles. The highest BCUT2D eigenvalue weighted by molar-refractivity contribution is 5.76. The number of hydrogen-bond donors (Lipinski definition) is 0. The maximum absolute atomic E-state index is 4.45. The van der Waals surface area contributed by atoms with Gasteiger partial charge in [-0.2, -0.15) is 0 Å². The smallest absolute Gasteiger partial charge is 0.0441 e. The van der Waals surface area contributed by atoms with Crippen molar-refractivity contribution in [3.8, 4) is 0 Å². The van der Waals surface area contributed by atoms with Crippen LogP contribution in [0, 0.1) is 5.92 Å². The van der Waals surface area contributed by atoms with Crippen LogP contribution in [0.1, 0.15) is 18.4 Å². The molecular weight excluding hydrogens is 170 g/mol. The molecule has 1 saturated carbocycles. The number of nitrogens with zero attached hydrogens (tertiary/aromatic N) is 1. The van der Waals surface area contributed by atoms with Gasteiger partial charge in [-0.3, -0.25) is 5.32 Å². The maximum Gasteiger partial charge on any atom is 0.0441 e. The Kier molecular flexibility index (Phi) is 1.69. The third kappa shape index (κ3) is 1.35. The number of allylic oxidation sites excluding steroid dienone is 3. The minimum Gasteiger partial charge on any atom is -0.260 e. The molecule has 14 heavy (non-hydrogen) atoms. The highest BCUT2D eigenvalue weighted by Gasteiger charge is 2.28. The fourth-order valence-electron chi connectivity index (χ4n) is 1.77. The van der Waals surface area contributed by atoms with Crippen LogP contribution in [0.25, 0.3) is 5.57 Å². The zero-order valence-electron chi connectivity index (χ0n) is 7.98. The summed E-state index contributed by atoms with van der Waals surface area (Å²) in [5.74, 6) is 0.757. The van der Waals surface area contributed by atoms with E-state index >= 15 is 0 Å². The summed E-state index contributed by atoms with van der Waals surface area (Å²) in [5, 5.41) is 4.45. The van der Waals surface area contributed by atoms with Gasteiger partial charge < -0.3 is 0 Å². The molecule has 2 aliphatic rings. The second kappa shape index (κ2) is 3.02. The van der Waals surface area contributed by atoms with Crippen molar-refractivity contribution in [2.24, 2.45) is 5.92 Å². The van der Waals surface area contributed by atoms with Crippen LogP contribution in [0.2, 0.25) is 0 Å². The topological polar surface area (TPSA) is 14.1 Å². The summed E-state index contributed by atoms with van der Waals surface area (Å²) in [6.45, 7) is 0. The molecule has 1 aromatic carbocycles. The van der Waals surface area contributed by atoms with Crippen molar-refractivity contribution in [1.82, 2.24) is 5.32 Å². The Morgan fingerprint density at radius 3 is 2.57 bits per heavy atom. The van der Waals surface area contributed by atoms with Gasteiger partial charge in [0, 0.05) is 23.4 Å². The highest BCUT2D eigenvalue weighted by Crippen LogP contribution is 2.39. The highest BCUT2D eigenvalue weighted by atomic mass is 14.9. The predicted octanol–water partition coefficient (Wildman–Crippen LogP) is 2.94. The van der Waals surface area contributed by atoms with Crippen LogP contribution >= 0.6 is 0 Å². The molecule has 1 heterocycles. The van der Waals surface area contributed by atoms with Gasteiger partial charge in [-0.25, -0.2) is 0 Å². The standard InChI is InChI=1S/C13H12N/c1-2-4-10(5-3-1)12-8-13(14-9-12)11-6-7-11/h1-5,8-9,11H,6-7H2. The van der Waals surface area contributed by atoms with Gasteiger partial charge in [0.05, 0.1) is 0 Å². The average Bonchev–Trinajstić information content (AvgIpc) is 2.98. The molecule has 69 valence electrons. The first kappa shape index (κ1) is 7.86. The maximum atomic E-state index is 4.45. The Morgan fingerprint density at radius 2 is 1.86 bits per heavy atom. The minimum absolute atomic E-state index is 0.757. The normalized spacial score (nSPS) is 20.0. The molecule has 1 aliphatic heterocycles. The summed E-state index contributed by atoms with van der Waals surface area (Å²) in [5.41, 5.74) is 3.81. The van der Waals surface area contributed by atoms with Gasteiger partial charge in [0.25, 0.3) is 0 Å². The van der Waals surface area contributed by atoms with Crippen molar-refractivity contribution in [3.63, 3.8) is 0 Å². The Balaban J connectivity index is 1.87. The van der Waals surface area contributed by atoms with Gasteiger partial charge in [0.1, 0.15) is 0 Å². The summed E-state index contributed by atoms with van der Waals surface area (Å²) in [4.78, 5) is 0. The molecule has 0 saturated heterocycles. The lowest BCUT2D eigenvalue weighted by Crippen LogP contribution is -1.92. The minimum atomic E-state index is 0.757. The molecular formula is C13H12N. The van der Waals surface area contributed by atoms with E-state index in [1.165, 1.54) is 29.7 Å². The Bertz CT molecular complexity index is 397. The van der Waals surface area contributed by atoms with Gasteiger partial charge in [0.2, 0.25) is 0 Å². The van der Waals surface area contributed by atoms with E-state index in [-0.39, 0.29) is 0 Å². The Hall–Kier alpha value is -1.50. The lowest BCUT2D eigenvalue weighted by atomic mass is 10.1. The van der Waals surface area contributed by atoms with Crippen molar-refractivity contribution in [3.05, 3.63) is 53.9 Å². The predicted molar refractivity (Wildman–Crippen MR) is 57.4 cm³/mol. The van der Waals surface area contributed by atoms with Crippen LogP contribution in [-0.2, 0) is 0 Å². The summed E-state index contributed by atoms with van der Waals surface area (Å²) >= 11 is 0. The molecule has 3 rings (SSSR count). The van der Waals surface area contributed by atoms with Crippen molar-refractivity contribution >= 4 is 5.57 Å². The molecule has 0 bridgehead atoms. The van der Waals surface area contributed by atoms with Crippen molar-refractivity contribution < 1.29 is 0 Å². The molecule has 1 radical (unpaired) electrons. The fraction of sp³-hybridized carbons (Fsp3) is 0.231. The van der Waals surface area contributed by atoms with Crippen LogP contribution in [0.15, 0.2) is 48.3 Å². The largest absolute Gasteiger partial charge is 0.260 e. The van der Waals surface area contributed by atoms with Crippen LogP contribution in [-0.4, -0.2) is 0 Å². The molecule has 0 N–H and O–H groups in total. The summed E-state index contributed by atoms with van der Waals surface area (Å²) < 4.78 is 0. The third-order valence-corrected chi connectivity index (χ3v) is 2.76. The second-order valence-corrected chi connectivity index (χ2v) is 3.92. The molecule has 0 amide bonds. The second-order valence-electron chi connectivity index (χ2n) is 3.92. The third-order valence-electron chi connectivity index (χ3n) is 2.76. The first-order valence-corrected chi connectivity index (χ1v) is 5.11. The number of rotatable bonds is 2. The van der Waals surface area contributed by atoms with E-state index in [4.69, 9.17) is 0 Å². The van der Waals surface area contributed by atoms with E-state index in [9.17, 15) is 0 Å². The van der Waals surface area contributed by atoms with E-state index < -0.39 is 0 Å². The summed E-state index contributed by atoms with van der Waals surface area (Å²) in [7, 11) is 0. The van der Waals surface area contributed by atoms with Crippen LogP contribution in [0.3, 0.4) is 0 Å². The van der Waals surface area contributed by atoms with E-state index in [2.05, 4.69) is 35.7 Å². The molecule has 0 unspecified atom stereocenters. The lowest BCUT2D eigenvalue weighted by molar-refractivity contribution is 0.888. The summed E-state index contributed by atoms with van der Waals surface area (Å²) in [6.07, 6.45) is 6.87. The van der Waals surface area contributed by atoms with Crippen molar-refractivity contribution in [1.29, 1.82) is 0 Å². The molecule has 0 atom stereocenters. The molecule has 0 spiro atoms. The van der Waals surface area contributed by atoms with Crippen molar-refractivity contribution in [2.75, 3.05) is 0 Å². The molecule has 1 fully saturated rings. The summed E-state index contributed by atoms with van der Waals surface area (Å²) in [6, 6.07) is 10.4. The molecule has 1 heteroatoms. The zero-order valence-corrected chi connectivity index (χ0v) is 7.98. The monoisotopic (exact) mass is 182 g/mol. The van der Waals surface area contributed by atoms with E-state index in [0.29, 0.717) is 0 Å². The first-order valence-electron chi connectivity index (χ1n) is 5.11. The van der Waals surface area contributed by atoms with Gasteiger partial charge in [-0.1, -0.05) is 30.3 Å². The van der Waals surface area contributed by atoms with Gasteiger partial charge in [-0.05, 0) is 24.5 Å². The zero-order chi connectivity index (χ0) is 9.38. The van der Waals surface area contributed by atoms with Crippen LogP contribution in [0.4, 0.5) is 0 Å². The van der Waals surface area contributed by atoms with E-state index in [0.717, 1.165) is 5.92 Å².